The minimum atomic E-state index is -0.984. The van der Waals surface area contributed by atoms with Crippen LogP contribution in [0, 0.1) is 5.41 Å². The van der Waals surface area contributed by atoms with E-state index in [0.29, 0.717) is 17.1 Å². The maximum atomic E-state index is 15.2. The molecule has 1 aromatic carbocycles. The highest BCUT2D eigenvalue weighted by Crippen LogP contribution is 2.52. The van der Waals surface area contributed by atoms with Crippen LogP contribution in [0.5, 0.6) is 5.75 Å². The topological polar surface area (TPSA) is 79.1 Å². The predicted molar refractivity (Wildman–Crippen MR) is 112 cm³/mol. The van der Waals surface area contributed by atoms with Gasteiger partial charge < -0.3 is 19.9 Å². The Morgan fingerprint density at radius 2 is 2.07 bits per heavy atom. The van der Waals surface area contributed by atoms with Crippen molar-refractivity contribution in [3.8, 4) is 22.7 Å². The van der Waals surface area contributed by atoms with E-state index in [1.54, 1.807) is 24.7 Å². The van der Waals surface area contributed by atoms with Gasteiger partial charge in [-0.15, -0.1) is 10.2 Å². The average Bonchev–Trinajstić information content (AvgIpc) is 3.41. The quantitative estimate of drug-likeness (QED) is 0.691. The summed E-state index contributed by atoms with van der Waals surface area (Å²) in [5.74, 6) is 0.735. The van der Waals surface area contributed by atoms with Gasteiger partial charge in [-0.25, -0.2) is 9.37 Å². The van der Waals surface area contributed by atoms with Gasteiger partial charge in [-0.2, -0.15) is 0 Å². The Kier molecular flexibility index (Phi) is 4.12. The molecule has 0 radical (unpaired) electrons. The number of aromatic hydroxyl groups is 1. The van der Waals surface area contributed by atoms with Gasteiger partial charge in [0.2, 0.25) is 0 Å². The molecule has 1 aliphatic carbocycles. The first-order valence-corrected chi connectivity index (χ1v) is 10.1. The number of nitrogens with one attached hydrogen (secondary N) is 1. The number of hydrogen-bond acceptors (Lipinski definition) is 6. The summed E-state index contributed by atoms with van der Waals surface area (Å²) >= 11 is 0. The summed E-state index contributed by atoms with van der Waals surface area (Å²) in [5, 5.41) is 22.5. The van der Waals surface area contributed by atoms with Crippen LogP contribution >= 0.6 is 0 Å². The summed E-state index contributed by atoms with van der Waals surface area (Å²) < 4.78 is 17.0. The molecule has 2 aromatic heterocycles. The molecule has 2 bridgehead atoms. The molecule has 1 saturated heterocycles. The van der Waals surface area contributed by atoms with E-state index in [0.717, 1.165) is 18.7 Å². The molecule has 1 aliphatic heterocycles. The van der Waals surface area contributed by atoms with E-state index >= 15 is 4.39 Å². The van der Waals surface area contributed by atoms with Crippen molar-refractivity contribution in [3.05, 3.63) is 49.1 Å². The van der Waals surface area contributed by atoms with Crippen LogP contribution in [0.25, 0.3) is 16.9 Å². The van der Waals surface area contributed by atoms with Gasteiger partial charge in [0.1, 0.15) is 11.9 Å². The van der Waals surface area contributed by atoms with Crippen molar-refractivity contribution in [2.24, 2.45) is 5.41 Å². The third-order valence-electron chi connectivity index (χ3n) is 6.76. The second-order valence-electron chi connectivity index (χ2n) is 9.01. The lowest BCUT2D eigenvalue weighted by Crippen LogP contribution is -2.59. The van der Waals surface area contributed by atoms with E-state index in [-0.39, 0.29) is 17.2 Å². The summed E-state index contributed by atoms with van der Waals surface area (Å²) in [6.45, 7) is 4.89. The Hall–Kier alpha value is -3.00. The number of fused-ring (bicyclic) bond motifs is 2. The van der Waals surface area contributed by atoms with Crippen molar-refractivity contribution in [2.45, 2.75) is 38.0 Å². The van der Waals surface area contributed by atoms with Crippen LogP contribution in [-0.2, 0) is 0 Å². The maximum absolute atomic E-state index is 15.2. The lowest BCUT2D eigenvalue weighted by atomic mass is 9.84. The maximum Gasteiger partial charge on any atom is 0.151 e. The monoisotopic (exact) mass is 408 g/mol. The Labute approximate surface area is 174 Å². The van der Waals surface area contributed by atoms with Gasteiger partial charge in [0.05, 0.1) is 23.8 Å². The molecular weight excluding hydrogens is 383 g/mol. The number of anilines is 1. The zero-order valence-corrected chi connectivity index (χ0v) is 17.2. The van der Waals surface area contributed by atoms with E-state index in [4.69, 9.17) is 0 Å². The molecule has 1 saturated carbocycles. The first-order chi connectivity index (χ1) is 14.3. The number of benzene rings is 1. The number of alkyl halides is 1. The number of rotatable bonds is 4. The SMILES string of the molecule is CN(c1ccc(-c2ccc(-n3ccnc3)cc2O)nn1)[C@@H]1[C@@H](F)[C@]2(C)C[C@@]1(C)CN2. The number of phenolic OH excluding ortho intramolecular Hbond substituents is 1. The molecule has 0 unspecified atom stereocenters. The van der Waals surface area contributed by atoms with Crippen molar-refractivity contribution in [1.82, 2.24) is 25.1 Å². The zero-order valence-electron chi connectivity index (χ0n) is 17.2. The Bertz CT molecular complexity index is 1070. The Balaban J connectivity index is 1.40. The number of nitrogens with zero attached hydrogens (tertiary/aromatic N) is 5. The van der Waals surface area contributed by atoms with E-state index in [9.17, 15) is 5.11 Å². The van der Waals surface area contributed by atoms with Crippen LogP contribution in [-0.4, -0.2) is 56.2 Å². The fraction of sp³-hybridized carbons (Fsp3) is 0.409. The predicted octanol–water partition coefficient (Wildman–Crippen LogP) is 2.95. The van der Waals surface area contributed by atoms with Crippen LogP contribution in [0.4, 0.5) is 10.2 Å². The summed E-state index contributed by atoms with van der Waals surface area (Å²) in [4.78, 5) is 5.93. The molecular formula is C22H25FN6O. The van der Waals surface area contributed by atoms with Crippen molar-refractivity contribution < 1.29 is 9.50 Å². The van der Waals surface area contributed by atoms with Crippen molar-refractivity contribution in [2.75, 3.05) is 18.5 Å². The number of aromatic nitrogens is 4. The van der Waals surface area contributed by atoms with Crippen molar-refractivity contribution in [3.63, 3.8) is 0 Å². The zero-order chi connectivity index (χ0) is 21.1. The lowest BCUT2D eigenvalue weighted by molar-refractivity contribution is 0.140. The average molecular weight is 408 g/mol. The van der Waals surface area contributed by atoms with Crippen molar-refractivity contribution >= 4 is 5.82 Å². The lowest BCUT2D eigenvalue weighted by Gasteiger charge is -2.42. The second-order valence-corrected chi connectivity index (χ2v) is 9.01. The standard InChI is InChI=1S/C22H25FN6O/c1-21-11-22(2,25-12-21)19(23)20(21)28(3)18-7-6-16(26-27-18)15-5-4-14(10-17(15)30)29-9-8-24-13-29/h4-10,13,19-20,25,30H,11-12H2,1-3H3/t19-,20-,21+,22+/m1/s1. The highest BCUT2D eigenvalue weighted by Gasteiger charge is 2.63. The normalized spacial score (nSPS) is 30.0. The van der Waals surface area contributed by atoms with Crippen LogP contribution in [0.2, 0.25) is 0 Å². The van der Waals surface area contributed by atoms with Crippen LogP contribution in [0.3, 0.4) is 0 Å². The van der Waals surface area contributed by atoms with E-state index in [1.807, 2.05) is 47.8 Å². The molecule has 8 heteroatoms. The summed E-state index contributed by atoms with van der Waals surface area (Å²) in [6, 6.07) is 8.74. The van der Waals surface area contributed by atoms with Crippen LogP contribution in [0.15, 0.2) is 49.1 Å². The molecule has 7 nitrogen and oxygen atoms in total. The minimum absolute atomic E-state index is 0.111. The number of halogens is 1. The molecule has 2 fully saturated rings. The smallest absolute Gasteiger partial charge is 0.151 e. The first kappa shape index (κ1) is 19.0. The van der Waals surface area contributed by atoms with E-state index < -0.39 is 11.7 Å². The Morgan fingerprint density at radius 3 is 2.67 bits per heavy atom. The molecule has 4 atom stereocenters. The summed E-state index contributed by atoms with van der Waals surface area (Å²) in [5.41, 5.74) is 1.33. The third kappa shape index (κ3) is 2.78. The number of piperidine rings is 1. The first-order valence-electron chi connectivity index (χ1n) is 10.1. The minimum Gasteiger partial charge on any atom is -0.507 e. The Morgan fingerprint density at radius 1 is 1.23 bits per heavy atom. The molecule has 2 aliphatic rings. The number of hydrogen-bond donors (Lipinski definition) is 2. The van der Waals surface area contributed by atoms with Gasteiger partial charge in [-0.1, -0.05) is 6.92 Å². The van der Waals surface area contributed by atoms with Gasteiger partial charge in [-0.3, -0.25) is 0 Å². The number of phenols is 1. The van der Waals surface area contributed by atoms with Crippen molar-refractivity contribution in [1.29, 1.82) is 0 Å². The van der Waals surface area contributed by atoms with Gasteiger partial charge >= 0.3 is 0 Å². The van der Waals surface area contributed by atoms with E-state index in [1.165, 1.54) is 0 Å². The van der Waals surface area contributed by atoms with Gasteiger partial charge in [-0.05, 0) is 37.6 Å². The molecule has 156 valence electrons. The molecule has 2 N–H and O–H groups in total. The van der Waals surface area contributed by atoms with Crippen LogP contribution < -0.4 is 10.2 Å². The molecule has 3 aromatic rings. The van der Waals surface area contributed by atoms with Gasteiger partial charge in [0.25, 0.3) is 0 Å². The fourth-order valence-electron chi connectivity index (χ4n) is 5.25. The molecule has 0 spiro atoms. The van der Waals surface area contributed by atoms with E-state index in [2.05, 4.69) is 27.4 Å². The fourth-order valence-corrected chi connectivity index (χ4v) is 5.25. The molecule has 5 rings (SSSR count). The summed E-state index contributed by atoms with van der Waals surface area (Å²) in [6.07, 6.45) is 4.98. The summed E-state index contributed by atoms with van der Waals surface area (Å²) in [7, 11) is 1.88. The highest BCUT2D eigenvalue weighted by molar-refractivity contribution is 5.69. The van der Waals surface area contributed by atoms with Gasteiger partial charge in [0.15, 0.2) is 5.82 Å². The molecule has 0 amide bonds. The third-order valence-corrected chi connectivity index (χ3v) is 6.76. The highest BCUT2D eigenvalue weighted by atomic mass is 19.1. The second kappa shape index (κ2) is 6.50. The molecule has 30 heavy (non-hydrogen) atoms. The van der Waals surface area contributed by atoms with Gasteiger partial charge in [0, 0.05) is 48.6 Å². The molecule has 3 heterocycles. The van der Waals surface area contributed by atoms with Crippen LogP contribution in [0.1, 0.15) is 20.3 Å². The largest absolute Gasteiger partial charge is 0.507 e. The number of imidazole rings is 1.